The maximum Gasteiger partial charge on any atom is 0.255 e. The number of halogens is 1. The van der Waals surface area contributed by atoms with Crippen LogP contribution >= 0.6 is 11.6 Å². The molecule has 6 heteroatoms. The van der Waals surface area contributed by atoms with Gasteiger partial charge in [0, 0.05) is 36.6 Å². The molecule has 0 spiro atoms. The van der Waals surface area contributed by atoms with Crippen LogP contribution in [0.4, 0.5) is 0 Å². The van der Waals surface area contributed by atoms with Crippen molar-refractivity contribution in [2.75, 3.05) is 13.2 Å². The van der Waals surface area contributed by atoms with Crippen LogP contribution in [0, 0.1) is 0 Å². The highest BCUT2D eigenvalue weighted by Gasteiger charge is 2.21. The van der Waals surface area contributed by atoms with Crippen LogP contribution < -0.4 is 10.3 Å². The second-order valence-electron chi connectivity index (χ2n) is 7.65. The molecule has 1 N–H and O–H groups in total. The Balaban J connectivity index is 1.43. The molecule has 0 saturated heterocycles. The monoisotopic (exact) mass is 423 g/mol. The van der Waals surface area contributed by atoms with E-state index in [9.17, 15) is 4.79 Å². The lowest BCUT2D eigenvalue weighted by atomic mass is 10.1. The summed E-state index contributed by atoms with van der Waals surface area (Å²) in [5.74, 6) is 1.51. The topological polar surface area (TPSA) is 58.2 Å². The third-order valence-electron chi connectivity index (χ3n) is 5.36. The summed E-state index contributed by atoms with van der Waals surface area (Å²) in [6.07, 6.45) is 2.96. The molecule has 0 unspecified atom stereocenters. The van der Waals surface area contributed by atoms with Crippen molar-refractivity contribution in [1.29, 1.82) is 0 Å². The molecule has 4 rings (SSSR count). The Morgan fingerprint density at radius 3 is 2.63 bits per heavy atom. The molecule has 1 aliphatic rings. The third kappa shape index (κ3) is 4.91. The highest BCUT2D eigenvalue weighted by atomic mass is 35.5. The minimum atomic E-state index is -0.0608. The molecule has 0 saturated carbocycles. The summed E-state index contributed by atoms with van der Waals surface area (Å²) >= 11 is 5.96. The fourth-order valence-corrected chi connectivity index (χ4v) is 3.77. The van der Waals surface area contributed by atoms with E-state index in [0.29, 0.717) is 17.4 Å². The highest BCUT2D eigenvalue weighted by molar-refractivity contribution is 6.30. The normalized spacial score (nSPS) is 13.8. The van der Waals surface area contributed by atoms with E-state index in [-0.39, 0.29) is 5.56 Å². The fraction of sp³-hybridized carbons (Fsp3) is 0.333. The van der Waals surface area contributed by atoms with E-state index >= 15 is 0 Å². The largest absolute Gasteiger partial charge is 0.494 e. The zero-order valence-electron chi connectivity index (χ0n) is 17.2. The molecule has 0 fully saturated rings. The maximum atomic E-state index is 12.7. The predicted octanol–water partition coefficient (Wildman–Crippen LogP) is 4.83. The van der Waals surface area contributed by atoms with Crippen LogP contribution in [0.15, 0.2) is 53.3 Å². The summed E-state index contributed by atoms with van der Waals surface area (Å²) in [7, 11) is 0. The summed E-state index contributed by atoms with van der Waals surface area (Å²) in [5.41, 5.74) is 3.67. The molecule has 1 aromatic heterocycles. The van der Waals surface area contributed by atoms with Gasteiger partial charge in [-0.1, -0.05) is 37.1 Å². The molecule has 0 atom stereocenters. The quantitative estimate of drug-likeness (QED) is 0.553. The molecule has 0 aliphatic carbocycles. The molecule has 156 valence electrons. The van der Waals surface area contributed by atoms with Crippen LogP contribution in [-0.4, -0.2) is 28.0 Å². The highest BCUT2D eigenvalue weighted by Crippen LogP contribution is 2.22. The number of nitrogens with zero attached hydrogens (tertiary/aromatic N) is 2. The van der Waals surface area contributed by atoms with Crippen molar-refractivity contribution < 1.29 is 4.74 Å². The second kappa shape index (κ2) is 9.45. The van der Waals surface area contributed by atoms with E-state index < -0.39 is 0 Å². The first-order valence-corrected chi connectivity index (χ1v) is 10.8. The lowest BCUT2D eigenvalue weighted by molar-refractivity contribution is 0.241. The summed E-state index contributed by atoms with van der Waals surface area (Å²) in [4.78, 5) is 22.7. The molecule has 5 nitrogen and oxygen atoms in total. The second-order valence-corrected chi connectivity index (χ2v) is 8.09. The number of fused-ring (bicyclic) bond motifs is 1. The molecule has 1 aliphatic heterocycles. The van der Waals surface area contributed by atoms with Gasteiger partial charge in [-0.2, -0.15) is 0 Å². The van der Waals surface area contributed by atoms with Crippen LogP contribution in [-0.2, 0) is 19.5 Å². The van der Waals surface area contributed by atoms with Crippen molar-refractivity contribution in [2.45, 2.75) is 39.3 Å². The van der Waals surface area contributed by atoms with E-state index in [1.807, 2.05) is 24.3 Å². The van der Waals surface area contributed by atoms with Crippen molar-refractivity contribution in [1.82, 2.24) is 14.9 Å². The molecule has 30 heavy (non-hydrogen) atoms. The van der Waals surface area contributed by atoms with E-state index in [1.165, 1.54) is 5.56 Å². The van der Waals surface area contributed by atoms with Gasteiger partial charge < -0.3 is 9.72 Å². The smallest absolute Gasteiger partial charge is 0.255 e. The average molecular weight is 424 g/mol. The molecule has 0 amide bonds. The summed E-state index contributed by atoms with van der Waals surface area (Å²) in [5, 5.41) is 0.662. The standard InChI is InChI=1S/C24H26ClN3O2/c1-2-3-14-30-20-10-4-17(5-11-20)15-28-13-12-22-21(16-28)24(29)27-23(26-22)18-6-8-19(25)9-7-18/h4-11H,2-3,12-16H2,1H3,(H,26,27,29). The Labute approximate surface area is 181 Å². The predicted molar refractivity (Wildman–Crippen MR) is 120 cm³/mol. The lowest BCUT2D eigenvalue weighted by Gasteiger charge is -2.27. The van der Waals surface area contributed by atoms with Gasteiger partial charge in [0.1, 0.15) is 11.6 Å². The molecule has 2 heterocycles. The molecular formula is C24H26ClN3O2. The van der Waals surface area contributed by atoms with Gasteiger partial charge >= 0.3 is 0 Å². The van der Waals surface area contributed by atoms with E-state index in [1.54, 1.807) is 12.1 Å². The van der Waals surface area contributed by atoms with Gasteiger partial charge in [-0.3, -0.25) is 9.69 Å². The van der Waals surface area contributed by atoms with Gasteiger partial charge in [0.25, 0.3) is 5.56 Å². The van der Waals surface area contributed by atoms with Crippen LogP contribution in [0.1, 0.15) is 36.6 Å². The van der Waals surface area contributed by atoms with E-state index in [4.69, 9.17) is 21.3 Å². The van der Waals surface area contributed by atoms with Gasteiger partial charge in [0.15, 0.2) is 0 Å². The van der Waals surface area contributed by atoms with Crippen LogP contribution in [0.3, 0.4) is 0 Å². The van der Waals surface area contributed by atoms with Gasteiger partial charge in [0.2, 0.25) is 0 Å². The maximum absolute atomic E-state index is 12.7. The zero-order valence-corrected chi connectivity index (χ0v) is 17.9. The average Bonchev–Trinajstić information content (AvgIpc) is 2.76. The van der Waals surface area contributed by atoms with Crippen LogP contribution in [0.25, 0.3) is 11.4 Å². The van der Waals surface area contributed by atoms with Gasteiger partial charge in [-0.25, -0.2) is 4.98 Å². The Morgan fingerprint density at radius 1 is 1.13 bits per heavy atom. The van der Waals surface area contributed by atoms with Crippen molar-refractivity contribution in [3.8, 4) is 17.1 Å². The van der Waals surface area contributed by atoms with E-state index in [0.717, 1.165) is 61.5 Å². The summed E-state index contributed by atoms with van der Waals surface area (Å²) in [6.45, 7) is 5.19. The number of aromatic amines is 1. The van der Waals surface area contributed by atoms with Gasteiger partial charge in [-0.05, 0) is 48.4 Å². The van der Waals surface area contributed by atoms with Crippen LogP contribution in [0.2, 0.25) is 5.02 Å². The first-order chi connectivity index (χ1) is 14.6. The van der Waals surface area contributed by atoms with Crippen molar-refractivity contribution in [3.63, 3.8) is 0 Å². The molecule has 3 aromatic rings. The first kappa shape index (κ1) is 20.6. The fourth-order valence-electron chi connectivity index (χ4n) is 3.64. The number of nitrogens with one attached hydrogen (secondary N) is 1. The zero-order chi connectivity index (χ0) is 20.9. The number of benzene rings is 2. The number of unbranched alkanes of at least 4 members (excludes halogenated alkanes) is 1. The Kier molecular flexibility index (Phi) is 6.50. The number of H-pyrrole nitrogens is 1. The summed E-state index contributed by atoms with van der Waals surface area (Å²) < 4.78 is 5.73. The van der Waals surface area contributed by atoms with Crippen molar-refractivity contribution in [3.05, 3.63) is 80.7 Å². The van der Waals surface area contributed by atoms with Crippen LogP contribution in [0.5, 0.6) is 5.75 Å². The number of aromatic nitrogens is 2. The molecule has 2 aromatic carbocycles. The molecule has 0 radical (unpaired) electrons. The minimum Gasteiger partial charge on any atom is -0.494 e. The lowest BCUT2D eigenvalue weighted by Crippen LogP contribution is -2.35. The Morgan fingerprint density at radius 2 is 1.90 bits per heavy atom. The van der Waals surface area contributed by atoms with Gasteiger partial charge in [0.05, 0.1) is 17.9 Å². The van der Waals surface area contributed by atoms with Crippen molar-refractivity contribution >= 4 is 11.6 Å². The molecule has 0 bridgehead atoms. The van der Waals surface area contributed by atoms with Gasteiger partial charge in [-0.15, -0.1) is 0 Å². The molecular weight excluding hydrogens is 398 g/mol. The van der Waals surface area contributed by atoms with E-state index in [2.05, 4.69) is 28.9 Å². The third-order valence-corrected chi connectivity index (χ3v) is 5.61. The Bertz CT molecular complexity index is 1050. The Hall–Kier alpha value is -2.63. The SMILES string of the molecule is CCCCOc1ccc(CN2CCc3nc(-c4ccc(Cl)cc4)[nH]c(=O)c3C2)cc1. The minimum absolute atomic E-state index is 0.0608. The summed E-state index contributed by atoms with van der Waals surface area (Å²) in [6, 6.07) is 15.6. The number of hydrogen-bond donors (Lipinski definition) is 1. The first-order valence-electron chi connectivity index (χ1n) is 10.4. The number of hydrogen-bond acceptors (Lipinski definition) is 4. The van der Waals surface area contributed by atoms with Crippen molar-refractivity contribution in [2.24, 2.45) is 0 Å². The number of rotatable bonds is 7. The number of ether oxygens (including phenoxy) is 1.